The minimum absolute atomic E-state index is 0.0858. The second-order valence-corrected chi connectivity index (χ2v) is 3.77. The van der Waals surface area contributed by atoms with Crippen molar-refractivity contribution < 1.29 is 32.7 Å². The molecule has 19 heavy (non-hydrogen) atoms. The van der Waals surface area contributed by atoms with Gasteiger partial charge in [-0.15, -0.1) is 0 Å². The number of carbonyl (C=O) groups excluding carboxylic acids is 2. The lowest BCUT2D eigenvalue weighted by atomic mass is 10.2. The SMILES string of the molecule is O=C(O)CCCC(=O)NC(=O)NCCCC(F)(F)F. The van der Waals surface area contributed by atoms with Crippen molar-refractivity contribution in [3.05, 3.63) is 0 Å². The second-order valence-electron chi connectivity index (χ2n) is 3.77. The number of hydrogen-bond acceptors (Lipinski definition) is 3. The summed E-state index contributed by atoms with van der Waals surface area (Å²) >= 11 is 0. The van der Waals surface area contributed by atoms with Crippen LogP contribution in [0.1, 0.15) is 32.1 Å². The average Bonchev–Trinajstić information content (AvgIpc) is 2.22. The Morgan fingerprint density at radius 2 is 1.68 bits per heavy atom. The molecule has 0 aliphatic heterocycles. The molecule has 0 radical (unpaired) electrons. The maximum atomic E-state index is 11.8. The van der Waals surface area contributed by atoms with E-state index in [0.717, 1.165) is 0 Å². The smallest absolute Gasteiger partial charge is 0.389 e. The Labute approximate surface area is 107 Å². The van der Waals surface area contributed by atoms with Crippen LogP contribution >= 0.6 is 0 Å². The Bertz CT molecular complexity index is 331. The van der Waals surface area contributed by atoms with Gasteiger partial charge in [0.2, 0.25) is 5.91 Å². The van der Waals surface area contributed by atoms with Gasteiger partial charge in [0.05, 0.1) is 0 Å². The van der Waals surface area contributed by atoms with E-state index in [1.54, 1.807) is 0 Å². The summed E-state index contributed by atoms with van der Waals surface area (Å²) in [5.74, 6) is -1.72. The summed E-state index contributed by atoms with van der Waals surface area (Å²) in [6, 6.07) is -0.887. The number of rotatable bonds is 7. The van der Waals surface area contributed by atoms with Crippen molar-refractivity contribution in [3.63, 3.8) is 0 Å². The summed E-state index contributed by atoms with van der Waals surface area (Å²) in [6.07, 6.45) is -5.81. The number of alkyl halides is 3. The molecule has 0 saturated heterocycles. The summed E-state index contributed by atoms with van der Waals surface area (Å²) in [5, 5.41) is 12.3. The summed E-state index contributed by atoms with van der Waals surface area (Å²) in [6.45, 7) is -0.201. The molecule has 0 aromatic heterocycles. The fraction of sp³-hybridized carbons (Fsp3) is 0.700. The van der Waals surface area contributed by atoms with Crippen LogP contribution in [0.5, 0.6) is 0 Å². The number of amides is 3. The molecular formula is C10H15F3N2O4. The molecule has 3 amide bonds. The van der Waals surface area contributed by atoms with Gasteiger partial charge in [-0.2, -0.15) is 13.2 Å². The largest absolute Gasteiger partial charge is 0.481 e. The maximum Gasteiger partial charge on any atom is 0.389 e. The molecule has 0 saturated carbocycles. The molecule has 110 valence electrons. The summed E-state index contributed by atoms with van der Waals surface area (Å²) in [4.78, 5) is 32.3. The first-order valence-corrected chi connectivity index (χ1v) is 5.57. The molecule has 0 heterocycles. The van der Waals surface area contributed by atoms with E-state index < -0.39 is 30.5 Å². The van der Waals surface area contributed by atoms with Crippen molar-refractivity contribution >= 4 is 17.9 Å². The van der Waals surface area contributed by atoms with Crippen LogP contribution in [-0.4, -0.2) is 35.7 Å². The maximum absolute atomic E-state index is 11.8. The number of carbonyl (C=O) groups is 3. The molecular weight excluding hydrogens is 269 g/mol. The quantitative estimate of drug-likeness (QED) is 0.616. The number of imide groups is 1. The summed E-state index contributed by atoms with van der Waals surface area (Å²) in [5.41, 5.74) is 0. The highest BCUT2D eigenvalue weighted by atomic mass is 19.4. The number of carboxylic acids is 1. The standard InChI is InChI=1S/C10H15F3N2O4/c11-10(12,13)5-2-6-14-9(19)15-7(16)3-1-4-8(17)18/h1-6H2,(H,17,18)(H2,14,15,16,19). The van der Waals surface area contributed by atoms with Gasteiger partial charge in [0.25, 0.3) is 0 Å². The Balaban J connectivity index is 3.63. The zero-order chi connectivity index (χ0) is 14.9. The molecule has 0 aliphatic rings. The Morgan fingerprint density at radius 3 is 2.21 bits per heavy atom. The van der Waals surface area contributed by atoms with Crippen molar-refractivity contribution in [2.75, 3.05) is 6.54 Å². The lowest BCUT2D eigenvalue weighted by Crippen LogP contribution is -2.39. The number of nitrogens with one attached hydrogen (secondary N) is 2. The van der Waals surface area contributed by atoms with Crippen LogP contribution in [0, 0.1) is 0 Å². The van der Waals surface area contributed by atoms with E-state index in [2.05, 4.69) is 5.32 Å². The zero-order valence-corrected chi connectivity index (χ0v) is 10.0. The van der Waals surface area contributed by atoms with Gasteiger partial charge in [0.15, 0.2) is 0 Å². The fourth-order valence-electron chi connectivity index (χ4n) is 1.12. The highest BCUT2D eigenvalue weighted by Crippen LogP contribution is 2.20. The first-order chi connectivity index (χ1) is 8.70. The fourth-order valence-corrected chi connectivity index (χ4v) is 1.12. The van der Waals surface area contributed by atoms with E-state index in [1.807, 2.05) is 5.32 Å². The molecule has 0 spiro atoms. The Morgan fingerprint density at radius 1 is 1.05 bits per heavy atom. The Hall–Kier alpha value is -1.80. The van der Waals surface area contributed by atoms with Crippen LogP contribution < -0.4 is 10.6 Å². The van der Waals surface area contributed by atoms with E-state index in [1.165, 1.54) is 0 Å². The van der Waals surface area contributed by atoms with Gasteiger partial charge in [0, 0.05) is 25.8 Å². The zero-order valence-electron chi connectivity index (χ0n) is 10.0. The van der Waals surface area contributed by atoms with Crippen LogP contribution in [0.3, 0.4) is 0 Å². The van der Waals surface area contributed by atoms with Crippen LogP contribution in [-0.2, 0) is 9.59 Å². The van der Waals surface area contributed by atoms with Crippen LogP contribution in [0.25, 0.3) is 0 Å². The van der Waals surface area contributed by atoms with E-state index >= 15 is 0 Å². The third kappa shape index (κ3) is 12.4. The first kappa shape index (κ1) is 17.2. The third-order valence-corrected chi connectivity index (χ3v) is 1.97. The second kappa shape index (κ2) is 8.33. The number of urea groups is 1. The van der Waals surface area contributed by atoms with Crippen LogP contribution in [0.2, 0.25) is 0 Å². The average molecular weight is 284 g/mol. The Kier molecular flexibility index (Phi) is 7.54. The van der Waals surface area contributed by atoms with Gasteiger partial charge in [-0.3, -0.25) is 14.9 Å². The highest BCUT2D eigenvalue weighted by molar-refractivity contribution is 5.94. The van der Waals surface area contributed by atoms with E-state index in [-0.39, 0.29) is 32.2 Å². The topological polar surface area (TPSA) is 95.5 Å². The number of carboxylic acid groups (broad SMARTS) is 1. The van der Waals surface area contributed by atoms with E-state index in [9.17, 15) is 27.6 Å². The summed E-state index contributed by atoms with van der Waals surface area (Å²) in [7, 11) is 0. The van der Waals surface area contributed by atoms with Crippen LogP contribution in [0.4, 0.5) is 18.0 Å². The van der Waals surface area contributed by atoms with Gasteiger partial charge >= 0.3 is 18.2 Å². The number of halogens is 3. The molecule has 0 aromatic carbocycles. The molecule has 0 aromatic rings. The van der Waals surface area contributed by atoms with E-state index in [4.69, 9.17) is 5.11 Å². The molecule has 6 nitrogen and oxygen atoms in total. The molecule has 3 N–H and O–H groups in total. The minimum atomic E-state index is -4.27. The van der Waals surface area contributed by atoms with Gasteiger partial charge in [-0.25, -0.2) is 4.79 Å². The number of aliphatic carboxylic acids is 1. The molecule has 9 heteroatoms. The predicted octanol–water partition coefficient (Wildman–Crippen LogP) is 1.41. The van der Waals surface area contributed by atoms with E-state index in [0.29, 0.717) is 0 Å². The minimum Gasteiger partial charge on any atom is -0.481 e. The van der Waals surface area contributed by atoms with Gasteiger partial charge in [0.1, 0.15) is 0 Å². The highest BCUT2D eigenvalue weighted by Gasteiger charge is 2.25. The molecule has 0 atom stereocenters. The number of hydrogen-bond donors (Lipinski definition) is 3. The normalized spacial score (nSPS) is 10.9. The molecule has 0 bridgehead atoms. The van der Waals surface area contributed by atoms with Crippen molar-refractivity contribution in [2.24, 2.45) is 0 Å². The molecule has 0 aliphatic carbocycles. The molecule has 0 rings (SSSR count). The van der Waals surface area contributed by atoms with Crippen molar-refractivity contribution in [1.82, 2.24) is 10.6 Å². The lowest BCUT2D eigenvalue weighted by Gasteiger charge is -2.08. The van der Waals surface area contributed by atoms with Crippen LogP contribution in [0.15, 0.2) is 0 Å². The lowest BCUT2D eigenvalue weighted by molar-refractivity contribution is -0.137. The van der Waals surface area contributed by atoms with Gasteiger partial charge in [-0.1, -0.05) is 0 Å². The van der Waals surface area contributed by atoms with Crippen molar-refractivity contribution in [2.45, 2.75) is 38.3 Å². The van der Waals surface area contributed by atoms with Crippen molar-refractivity contribution in [3.8, 4) is 0 Å². The van der Waals surface area contributed by atoms with Gasteiger partial charge in [-0.05, 0) is 12.8 Å². The van der Waals surface area contributed by atoms with Gasteiger partial charge < -0.3 is 10.4 Å². The molecule has 0 unspecified atom stereocenters. The molecule has 0 fully saturated rings. The monoisotopic (exact) mass is 284 g/mol. The first-order valence-electron chi connectivity index (χ1n) is 5.57. The third-order valence-electron chi connectivity index (χ3n) is 1.97. The predicted molar refractivity (Wildman–Crippen MR) is 58.3 cm³/mol. The summed E-state index contributed by atoms with van der Waals surface area (Å²) < 4.78 is 35.3. The van der Waals surface area contributed by atoms with Crippen molar-refractivity contribution in [1.29, 1.82) is 0 Å².